The Bertz CT molecular complexity index is 545. The largest absolute Gasteiger partial charge is 0.323 e. The molecule has 2 unspecified atom stereocenters. The summed E-state index contributed by atoms with van der Waals surface area (Å²) in [5.41, 5.74) is 8.37. The number of nitrogens with two attached hydrogens (primary N) is 1. The monoisotopic (exact) mass is 309 g/mol. The van der Waals surface area contributed by atoms with Crippen LogP contribution >= 0.6 is 0 Å². The molecule has 21 heavy (non-hydrogen) atoms. The molecule has 0 aromatic heterocycles. The maximum atomic E-state index is 12.5. The minimum atomic E-state index is -3.13. The van der Waals surface area contributed by atoms with Crippen molar-refractivity contribution in [3.8, 4) is 0 Å². The Morgan fingerprint density at radius 2 is 1.76 bits per heavy atom. The lowest BCUT2D eigenvalue weighted by Gasteiger charge is -2.22. The molecule has 2 rings (SSSR count). The van der Waals surface area contributed by atoms with Crippen LogP contribution in [0.2, 0.25) is 0 Å². The van der Waals surface area contributed by atoms with Crippen molar-refractivity contribution in [1.82, 2.24) is 0 Å². The van der Waals surface area contributed by atoms with E-state index in [0.717, 1.165) is 24.8 Å². The highest BCUT2D eigenvalue weighted by atomic mass is 32.2. The fraction of sp³-hybridized carbons (Fsp3) is 0.647. The molecule has 0 amide bonds. The molecule has 0 heterocycles. The van der Waals surface area contributed by atoms with Gasteiger partial charge in [-0.3, -0.25) is 0 Å². The van der Waals surface area contributed by atoms with E-state index in [2.05, 4.69) is 6.92 Å². The highest BCUT2D eigenvalue weighted by molar-refractivity contribution is 7.92. The molecule has 0 saturated heterocycles. The number of hydrogen-bond donors (Lipinski definition) is 1. The van der Waals surface area contributed by atoms with Crippen molar-refractivity contribution in [2.75, 3.05) is 5.75 Å². The van der Waals surface area contributed by atoms with Crippen LogP contribution in [0.15, 0.2) is 24.3 Å². The van der Waals surface area contributed by atoms with Gasteiger partial charge in [-0.05, 0) is 43.2 Å². The zero-order valence-corrected chi connectivity index (χ0v) is 13.9. The van der Waals surface area contributed by atoms with Crippen LogP contribution in [-0.4, -0.2) is 19.4 Å². The molecule has 3 nitrogen and oxygen atoms in total. The molecule has 1 aromatic carbocycles. The van der Waals surface area contributed by atoms with Gasteiger partial charge in [0.15, 0.2) is 9.84 Å². The fourth-order valence-corrected chi connectivity index (χ4v) is 5.03. The van der Waals surface area contributed by atoms with E-state index >= 15 is 0 Å². The van der Waals surface area contributed by atoms with Gasteiger partial charge in [0, 0.05) is 6.04 Å². The van der Waals surface area contributed by atoms with Crippen LogP contribution in [0.1, 0.15) is 56.7 Å². The lowest BCUT2D eigenvalue weighted by molar-refractivity contribution is 0.536. The van der Waals surface area contributed by atoms with Crippen LogP contribution in [0.25, 0.3) is 0 Å². The maximum Gasteiger partial charge on any atom is 0.155 e. The lowest BCUT2D eigenvalue weighted by atomic mass is 10.0. The molecule has 1 fully saturated rings. The van der Waals surface area contributed by atoms with Crippen LogP contribution < -0.4 is 5.73 Å². The molecule has 2 atom stereocenters. The Kier molecular flexibility index (Phi) is 5.44. The minimum Gasteiger partial charge on any atom is -0.323 e. The van der Waals surface area contributed by atoms with E-state index < -0.39 is 21.1 Å². The van der Waals surface area contributed by atoms with E-state index in [9.17, 15) is 8.42 Å². The van der Waals surface area contributed by atoms with Gasteiger partial charge in [-0.1, -0.05) is 44.0 Å². The molecule has 4 heteroatoms. The molecule has 118 valence electrons. The predicted molar refractivity (Wildman–Crippen MR) is 88.0 cm³/mol. The van der Waals surface area contributed by atoms with Gasteiger partial charge >= 0.3 is 0 Å². The summed E-state index contributed by atoms with van der Waals surface area (Å²) < 4.78 is 25.1. The van der Waals surface area contributed by atoms with Gasteiger partial charge in [0.25, 0.3) is 0 Å². The Balaban J connectivity index is 2.07. The molecule has 1 aliphatic carbocycles. The van der Waals surface area contributed by atoms with Crippen molar-refractivity contribution in [1.29, 1.82) is 0 Å². The molecule has 2 N–H and O–H groups in total. The molecule has 0 aliphatic heterocycles. The van der Waals surface area contributed by atoms with Crippen molar-refractivity contribution >= 4 is 9.84 Å². The molecule has 0 spiro atoms. The summed E-state index contributed by atoms with van der Waals surface area (Å²) >= 11 is 0. The van der Waals surface area contributed by atoms with Crippen molar-refractivity contribution in [2.45, 2.75) is 57.2 Å². The van der Waals surface area contributed by atoms with Crippen LogP contribution in [0.4, 0.5) is 0 Å². The van der Waals surface area contributed by atoms with Crippen molar-refractivity contribution in [3.63, 3.8) is 0 Å². The van der Waals surface area contributed by atoms with Crippen LogP contribution in [0.5, 0.6) is 0 Å². The number of hydrogen-bond acceptors (Lipinski definition) is 3. The number of benzene rings is 1. The average Bonchev–Trinajstić information content (AvgIpc) is 2.98. The Labute approximate surface area is 128 Å². The second kappa shape index (κ2) is 6.93. The molecular formula is C17H27NO2S. The number of aryl methyl sites for hydroxylation is 1. The highest BCUT2D eigenvalue weighted by Crippen LogP contribution is 2.29. The van der Waals surface area contributed by atoms with E-state index in [1.807, 2.05) is 24.3 Å². The second-order valence-electron chi connectivity index (χ2n) is 6.31. The van der Waals surface area contributed by atoms with E-state index in [1.165, 1.54) is 18.4 Å². The van der Waals surface area contributed by atoms with Gasteiger partial charge in [-0.2, -0.15) is 0 Å². The van der Waals surface area contributed by atoms with Crippen LogP contribution in [-0.2, 0) is 16.3 Å². The van der Waals surface area contributed by atoms with E-state index in [-0.39, 0.29) is 0 Å². The van der Waals surface area contributed by atoms with E-state index in [4.69, 9.17) is 5.73 Å². The third kappa shape index (κ3) is 4.07. The maximum absolute atomic E-state index is 12.5. The van der Waals surface area contributed by atoms with Crippen molar-refractivity contribution in [3.05, 3.63) is 35.4 Å². The van der Waals surface area contributed by atoms with E-state index in [0.29, 0.717) is 11.7 Å². The van der Waals surface area contributed by atoms with Crippen LogP contribution in [0, 0.1) is 5.92 Å². The Morgan fingerprint density at radius 1 is 1.19 bits per heavy atom. The smallest absolute Gasteiger partial charge is 0.155 e. The van der Waals surface area contributed by atoms with Crippen molar-refractivity contribution in [2.24, 2.45) is 11.7 Å². The van der Waals surface area contributed by atoms with E-state index in [1.54, 1.807) is 6.92 Å². The van der Waals surface area contributed by atoms with Gasteiger partial charge in [0.2, 0.25) is 0 Å². The summed E-state index contributed by atoms with van der Waals surface area (Å²) in [7, 11) is -3.13. The Hall–Kier alpha value is -0.870. The predicted octanol–water partition coefficient (Wildman–Crippen LogP) is 3.24. The lowest BCUT2D eigenvalue weighted by Crippen LogP contribution is -2.34. The van der Waals surface area contributed by atoms with Gasteiger partial charge in [-0.15, -0.1) is 0 Å². The zero-order valence-electron chi connectivity index (χ0n) is 13.1. The standard InChI is InChI=1S/C17H27NO2S/c1-3-14-8-10-16(11-9-14)17(18)13(2)21(19,20)12-15-6-4-5-7-15/h8-11,13,15,17H,3-7,12,18H2,1-2H3. The first-order valence-electron chi connectivity index (χ1n) is 8.00. The topological polar surface area (TPSA) is 60.2 Å². The third-order valence-corrected chi connectivity index (χ3v) is 7.15. The summed E-state index contributed by atoms with van der Waals surface area (Å²) in [6.07, 6.45) is 5.40. The summed E-state index contributed by atoms with van der Waals surface area (Å²) in [4.78, 5) is 0. The quantitative estimate of drug-likeness (QED) is 0.877. The first-order chi connectivity index (χ1) is 9.94. The molecule has 0 bridgehead atoms. The Morgan fingerprint density at radius 3 is 2.29 bits per heavy atom. The molecular weight excluding hydrogens is 282 g/mol. The summed E-state index contributed by atoms with van der Waals surface area (Å²) in [6, 6.07) is 7.55. The number of rotatable bonds is 6. The SMILES string of the molecule is CCc1ccc(C(N)C(C)S(=O)(=O)CC2CCCC2)cc1. The summed E-state index contributed by atoms with van der Waals surface area (Å²) in [5.74, 6) is 0.640. The second-order valence-corrected chi connectivity index (χ2v) is 8.71. The fourth-order valence-electron chi connectivity index (χ4n) is 3.13. The minimum absolute atomic E-state index is 0.301. The zero-order chi connectivity index (χ0) is 15.5. The molecule has 0 radical (unpaired) electrons. The summed E-state index contributed by atoms with van der Waals surface area (Å²) in [6.45, 7) is 3.85. The third-order valence-electron chi connectivity index (χ3n) is 4.79. The molecule has 1 aliphatic rings. The molecule has 1 saturated carbocycles. The molecule has 1 aromatic rings. The normalized spacial score (nSPS) is 19.6. The van der Waals surface area contributed by atoms with Crippen molar-refractivity contribution < 1.29 is 8.42 Å². The van der Waals surface area contributed by atoms with Crippen LogP contribution in [0.3, 0.4) is 0 Å². The van der Waals surface area contributed by atoms with Gasteiger partial charge in [0.1, 0.15) is 0 Å². The van der Waals surface area contributed by atoms with Gasteiger partial charge in [-0.25, -0.2) is 8.42 Å². The average molecular weight is 309 g/mol. The first kappa shape index (κ1) is 16.5. The summed E-state index contributed by atoms with van der Waals surface area (Å²) in [5, 5.41) is -0.523. The first-order valence-corrected chi connectivity index (χ1v) is 9.71. The van der Waals surface area contributed by atoms with Gasteiger partial charge < -0.3 is 5.73 Å². The highest BCUT2D eigenvalue weighted by Gasteiger charge is 2.31. The number of sulfone groups is 1. The van der Waals surface area contributed by atoms with Gasteiger partial charge in [0.05, 0.1) is 11.0 Å².